The summed E-state index contributed by atoms with van der Waals surface area (Å²) < 4.78 is 18.2. The Morgan fingerprint density at radius 2 is 0.675 bits per heavy atom. The molecule has 0 bridgehead atoms. The Morgan fingerprint density at radius 1 is 0.263 bits per heavy atom. The van der Waals surface area contributed by atoms with Crippen LogP contribution in [-0.2, 0) is 21.7 Å². The molecule has 15 aromatic carbocycles. The fraction of sp³-hybridized carbons (Fsp3) is 0.151. The second-order valence-electron chi connectivity index (χ2n) is 35.6. The van der Waals surface area contributed by atoms with Crippen LogP contribution in [0.15, 0.2) is 312 Å². The van der Waals surface area contributed by atoms with E-state index in [4.69, 9.17) is 8.83 Å². The standard InChI is InChI=1S/C106H86BN3O2S2/c1-103(2,3)69-34-40-73(41-35-69)108(74-42-36-70(37-43-74)104(4,5)6)75-44-47-83-87(62-75)110(85-49-39-72(106(10,11)12)61-80(85)64-25-17-14-18-26-64)89-58-68(67-31-45-78-97(59-67)114-95-53-50-92-98(100(78)95)76-27-19-21-29-90(76)111-92)57-88-102(89)107(83)82-46-32-66(56-86(82)109(88)84-48-38-71(105(7,8)9)60-79(84)63-23-15-13-16-24-63)65-33-52-94-81(55-65)101-96(113-94)54-51-93-99(101)77-28-20-22-30-91(77)112-93/h13-62H,1-12H3. The van der Waals surface area contributed by atoms with E-state index in [0.717, 1.165) is 129 Å². The van der Waals surface area contributed by atoms with Crippen LogP contribution in [0, 0.1) is 0 Å². The molecule has 0 N–H and O–H groups in total. The summed E-state index contributed by atoms with van der Waals surface area (Å²) in [4.78, 5) is 7.83. The Hall–Kier alpha value is -12.2. The Bertz CT molecular complexity index is 7100. The van der Waals surface area contributed by atoms with Crippen molar-refractivity contribution in [1.82, 2.24) is 0 Å². The maximum Gasteiger partial charge on any atom is 0.252 e. The molecule has 21 rings (SSSR count). The SMILES string of the molecule is CC(C)(C)c1ccc(N(c2ccc(C(C)(C)C)cc2)c2ccc3c(c2)N(c2ccc(C(C)(C)C)cc2-c2ccccc2)c2cc(-c4ccc5c(c4)sc4ccc6oc7ccccc7c6c45)cc4c2B3c2ccc(-c3ccc5sc6ccc7oc8ccccc8c7c6c5c3)cc2N4c2ccc(C(C)(C)C)cc2-c2ccccc2)cc1. The number of thiophene rings is 2. The van der Waals surface area contributed by atoms with E-state index >= 15 is 0 Å². The van der Waals surface area contributed by atoms with Crippen LogP contribution in [0.3, 0.4) is 0 Å². The van der Waals surface area contributed by atoms with Gasteiger partial charge in [-0.25, -0.2) is 0 Å². The van der Waals surface area contributed by atoms with Gasteiger partial charge in [0.05, 0.1) is 11.4 Å². The van der Waals surface area contributed by atoms with Crippen LogP contribution in [0.2, 0.25) is 0 Å². The first-order valence-electron chi connectivity index (χ1n) is 40.0. The van der Waals surface area contributed by atoms with Crippen molar-refractivity contribution in [3.63, 3.8) is 0 Å². The van der Waals surface area contributed by atoms with E-state index in [1.807, 2.05) is 22.7 Å². The molecule has 19 aromatic rings. The fourth-order valence-corrected chi connectivity index (χ4v) is 20.5. The molecule has 552 valence electrons. The van der Waals surface area contributed by atoms with Crippen LogP contribution in [-0.4, -0.2) is 6.71 Å². The molecule has 114 heavy (non-hydrogen) atoms. The van der Waals surface area contributed by atoms with Gasteiger partial charge in [-0.2, -0.15) is 0 Å². The number of fused-ring (bicyclic) bond motifs is 18. The van der Waals surface area contributed by atoms with Gasteiger partial charge in [0.15, 0.2) is 0 Å². The molecule has 0 radical (unpaired) electrons. The number of furan rings is 2. The van der Waals surface area contributed by atoms with Crippen molar-refractivity contribution in [3.8, 4) is 44.5 Å². The van der Waals surface area contributed by atoms with Crippen molar-refractivity contribution in [1.29, 1.82) is 0 Å². The molecular weight excluding hydrogens is 1420 g/mol. The Kier molecular flexibility index (Phi) is 15.7. The molecule has 6 heterocycles. The van der Waals surface area contributed by atoms with Gasteiger partial charge in [0.1, 0.15) is 22.3 Å². The van der Waals surface area contributed by atoms with E-state index in [0.29, 0.717) is 0 Å². The summed E-state index contributed by atoms with van der Waals surface area (Å²) in [5.41, 5.74) is 31.1. The van der Waals surface area contributed by atoms with Gasteiger partial charge in [-0.05, 0) is 227 Å². The minimum Gasteiger partial charge on any atom is -0.456 e. The summed E-state index contributed by atoms with van der Waals surface area (Å²) in [6, 6.07) is 116. The zero-order valence-corrected chi connectivity index (χ0v) is 68.1. The fourth-order valence-electron chi connectivity index (χ4n) is 18.3. The molecule has 5 nitrogen and oxygen atoms in total. The molecular formula is C106H86BN3O2S2. The molecule has 0 amide bonds. The highest BCUT2D eigenvalue weighted by Crippen LogP contribution is 2.54. The van der Waals surface area contributed by atoms with Crippen molar-refractivity contribution < 1.29 is 8.83 Å². The average Bonchev–Trinajstić information content (AvgIpc) is 0.926. The number of anilines is 9. The third kappa shape index (κ3) is 11.3. The quantitative estimate of drug-likeness (QED) is 0.135. The van der Waals surface area contributed by atoms with Gasteiger partial charge in [-0.15, -0.1) is 22.7 Å². The summed E-state index contributed by atoms with van der Waals surface area (Å²) in [5.74, 6) is 0. The number of nitrogens with zero attached hydrogens (tertiary/aromatic N) is 3. The van der Waals surface area contributed by atoms with Crippen LogP contribution in [0.4, 0.5) is 51.2 Å². The molecule has 0 saturated heterocycles. The molecule has 4 aromatic heterocycles. The van der Waals surface area contributed by atoms with Crippen molar-refractivity contribution in [3.05, 3.63) is 326 Å². The first kappa shape index (κ1) is 69.7. The normalized spacial score (nSPS) is 13.2. The minimum absolute atomic E-state index is 0.0401. The molecule has 8 heteroatoms. The van der Waals surface area contributed by atoms with Crippen LogP contribution >= 0.6 is 22.7 Å². The third-order valence-electron chi connectivity index (χ3n) is 24.3. The topological polar surface area (TPSA) is 36.0 Å². The van der Waals surface area contributed by atoms with Crippen molar-refractivity contribution in [2.45, 2.75) is 105 Å². The molecule has 2 aliphatic rings. The molecule has 2 aliphatic heterocycles. The summed E-state index contributed by atoms with van der Waals surface area (Å²) in [7, 11) is 0. The lowest BCUT2D eigenvalue weighted by atomic mass is 9.33. The van der Waals surface area contributed by atoms with E-state index in [2.05, 4.69) is 401 Å². The Morgan fingerprint density at radius 3 is 1.20 bits per heavy atom. The predicted molar refractivity (Wildman–Crippen MR) is 492 cm³/mol. The molecule has 0 saturated carbocycles. The molecule has 0 unspecified atom stereocenters. The van der Waals surface area contributed by atoms with Gasteiger partial charge in [-0.1, -0.05) is 253 Å². The number of para-hydroxylation sites is 2. The van der Waals surface area contributed by atoms with Crippen LogP contribution in [0.25, 0.3) is 129 Å². The van der Waals surface area contributed by atoms with Crippen molar-refractivity contribution >= 4 is 181 Å². The number of hydrogen-bond donors (Lipinski definition) is 0. The molecule has 0 fully saturated rings. The summed E-state index contributed by atoms with van der Waals surface area (Å²) in [5, 5.41) is 9.55. The Labute approximate surface area is 674 Å². The summed E-state index contributed by atoms with van der Waals surface area (Å²) >= 11 is 3.72. The van der Waals surface area contributed by atoms with Crippen LogP contribution in [0.1, 0.15) is 105 Å². The van der Waals surface area contributed by atoms with Gasteiger partial charge in [0, 0.05) is 113 Å². The zero-order valence-electron chi connectivity index (χ0n) is 66.4. The summed E-state index contributed by atoms with van der Waals surface area (Å²) in [6.07, 6.45) is 0. The third-order valence-corrected chi connectivity index (χ3v) is 26.5. The van der Waals surface area contributed by atoms with E-state index in [1.54, 1.807) is 0 Å². The number of benzene rings is 15. The largest absolute Gasteiger partial charge is 0.456 e. The monoisotopic (exact) mass is 1510 g/mol. The van der Waals surface area contributed by atoms with Crippen LogP contribution in [0.5, 0.6) is 0 Å². The highest BCUT2D eigenvalue weighted by molar-refractivity contribution is 7.26. The molecule has 0 spiro atoms. The second kappa shape index (κ2) is 25.7. The minimum atomic E-state index is -0.249. The average molecular weight is 1510 g/mol. The maximum absolute atomic E-state index is 6.61. The van der Waals surface area contributed by atoms with Gasteiger partial charge in [0.25, 0.3) is 6.71 Å². The van der Waals surface area contributed by atoms with Gasteiger partial charge in [0.2, 0.25) is 0 Å². The van der Waals surface area contributed by atoms with Gasteiger partial charge >= 0.3 is 0 Å². The number of rotatable bonds is 9. The smallest absolute Gasteiger partial charge is 0.252 e. The first-order chi connectivity index (χ1) is 55.0. The predicted octanol–water partition coefficient (Wildman–Crippen LogP) is 29.6. The zero-order chi connectivity index (χ0) is 77.6. The first-order valence-corrected chi connectivity index (χ1v) is 41.7. The van der Waals surface area contributed by atoms with E-state index in [-0.39, 0.29) is 28.4 Å². The van der Waals surface area contributed by atoms with E-state index in [1.165, 1.54) is 89.8 Å². The van der Waals surface area contributed by atoms with E-state index < -0.39 is 0 Å². The van der Waals surface area contributed by atoms with Crippen molar-refractivity contribution in [2.24, 2.45) is 0 Å². The van der Waals surface area contributed by atoms with Crippen LogP contribution < -0.4 is 31.1 Å². The van der Waals surface area contributed by atoms with Gasteiger partial charge < -0.3 is 23.5 Å². The highest BCUT2D eigenvalue weighted by atomic mass is 32.1. The highest BCUT2D eigenvalue weighted by Gasteiger charge is 2.46. The molecule has 0 aliphatic carbocycles. The Balaban J connectivity index is 0.883. The lowest BCUT2D eigenvalue weighted by Crippen LogP contribution is -2.61. The van der Waals surface area contributed by atoms with Crippen molar-refractivity contribution in [2.75, 3.05) is 14.7 Å². The summed E-state index contributed by atoms with van der Waals surface area (Å²) in [6.45, 7) is 27.6. The maximum atomic E-state index is 6.61. The lowest BCUT2D eigenvalue weighted by Gasteiger charge is -2.45. The van der Waals surface area contributed by atoms with E-state index in [9.17, 15) is 0 Å². The second-order valence-corrected chi connectivity index (χ2v) is 37.8. The number of hydrogen-bond acceptors (Lipinski definition) is 7. The molecule has 0 atom stereocenters. The van der Waals surface area contributed by atoms with Gasteiger partial charge in [-0.3, -0.25) is 0 Å². The lowest BCUT2D eigenvalue weighted by molar-refractivity contribution is 0.590.